The second kappa shape index (κ2) is 9.94. The van der Waals surface area contributed by atoms with E-state index in [1.807, 2.05) is 6.08 Å². The zero-order chi connectivity index (χ0) is 22.4. The molecule has 0 fully saturated rings. The van der Waals surface area contributed by atoms with Crippen LogP contribution in [0.3, 0.4) is 0 Å². The number of benzene rings is 2. The number of aryl methyl sites for hydroxylation is 2. The van der Waals surface area contributed by atoms with Gasteiger partial charge in [0, 0.05) is 19.5 Å². The number of hydroxylamine groups is 1. The number of hydrogen-bond donors (Lipinski definition) is 2. The van der Waals surface area contributed by atoms with Gasteiger partial charge in [0.05, 0.1) is 16.7 Å². The first kappa shape index (κ1) is 22.8. The Hall–Kier alpha value is -2.89. The highest BCUT2D eigenvalue weighted by Crippen LogP contribution is 2.26. The van der Waals surface area contributed by atoms with Crippen molar-refractivity contribution in [3.05, 3.63) is 83.8 Å². The van der Waals surface area contributed by atoms with Crippen LogP contribution in [0.2, 0.25) is 0 Å². The molecule has 0 aliphatic heterocycles. The Kier molecular flexibility index (Phi) is 7.31. The lowest BCUT2D eigenvalue weighted by molar-refractivity contribution is 0.205. The molecule has 2 aromatic carbocycles. The first-order valence-electron chi connectivity index (χ1n) is 10.7. The van der Waals surface area contributed by atoms with Crippen LogP contribution >= 0.6 is 0 Å². The van der Waals surface area contributed by atoms with E-state index in [1.165, 1.54) is 5.56 Å². The van der Waals surface area contributed by atoms with Gasteiger partial charge in [0.2, 0.25) is 0 Å². The fourth-order valence-corrected chi connectivity index (χ4v) is 4.14. The van der Waals surface area contributed by atoms with E-state index in [0.717, 1.165) is 48.4 Å². The SMILES string of the molecule is C=C(/C=C/c1ccc2c(c1)nc(CCc1ccccc1)n2CC(C)(C)CN(C)C)NO. The van der Waals surface area contributed by atoms with Gasteiger partial charge >= 0.3 is 0 Å². The highest BCUT2D eigenvalue weighted by atomic mass is 16.5. The number of aromatic nitrogens is 2. The van der Waals surface area contributed by atoms with Crippen molar-refractivity contribution >= 4 is 17.1 Å². The van der Waals surface area contributed by atoms with Crippen molar-refractivity contribution in [2.24, 2.45) is 5.41 Å². The maximum absolute atomic E-state index is 8.93. The van der Waals surface area contributed by atoms with E-state index in [-0.39, 0.29) is 5.41 Å². The predicted molar refractivity (Wildman–Crippen MR) is 129 cm³/mol. The van der Waals surface area contributed by atoms with E-state index >= 15 is 0 Å². The molecule has 2 N–H and O–H groups in total. The van der Waals surface area contributed by atoms with E-state index < -0.39 is 0 Å². The van der Waals surface area contributed by atoms with Crippen LogP contribution in [0.15, 0.2) is 66.9 Å². The normalized spacial score (nSPS) is 12.2. The summed E-state index contributed by atoms with van der Waals surface area (Å²) in [6, 6.07) is 16.9. The molecule has 1 heterocycles. The summed E-state index contributed by atoms with van der Waals surface area (Å²) in [5.41, 5.74) is 7.11. The number of fused-ring (bicyclic) bond motifs is 1. The van der Waals surface area contributed by atoms with E-state index in [9.17, 15) is 0 Å². The van der Waals surface area contributed by atoms with Gasteiger partial charge in [-0.15, -0.1) is 0 Å². The zero-order valence-corrected chi connectivity index (χ0v) is 19.1. The van der Waals surface area contributed by atoms with Crippen molar-refractivity contribution in [3.63, 3.8) is 0 Å². The average Bonchev–Trinajstić information content (AvgIpc) is 3.06. The molecule has 0 amide bonds. The Morgan fingerprint density at radius 2 is 1.90 bits per heavy atom. The number of nitrogens with zero attached hydrogens (tertiary/aromatic N) is 3. The number of nitrogens with one attached hydrogen (secondary N) is 1. The fraction of sp³-hybridized carbons (Fsp3) is 0.346. The smallest absolute Gasteiger partial charge is 0.110 e. The number of allylic oxidation sites excluding steroid dienone is 1. The maximum atomic E-state index is 8.93. The Labute approximate surface area is 185 Å². The van der Waals surface area contributed by atoms with Gasteiger partial charge in [0.1, 0.15) is 5.82 Å². The van der Waals surface area contributed by atoms with Crippen LogP contribution < -0.4 is 5.48 Å². The monoisotopic (exact) mass is 418 g/mol. The Morgan fingerprint density at radius 1 is 1.16 bits per heavy atom. The molecular weight excluding hydrogens is 384 g/mol. The third-order valence-electron chi connectivity index (χ3n) is 5.28. The zero-order valence-electron chi connectivity index (χ0n) is 19.1. The molecule has 0 radical (unpaired) electrons. The Morgan fingerprint density at radius 3 is 2.58 bits per heavy atom. The molecule has 164 valence electrons. The predicted octanol–water partition coefficient (Wildman–Crippen LogP) is 4.92. The number of hydrogen-bond acceptors (Lipinski definition) is 4. The van der Waals surface area contributed by atoms with Crippen LogP contribution in [-0.2, 0) is 19.4 Å². The quantitative estimate of drug-likeness (QED) is 0.363. The van der Waals surface area contributed by atoms with Crippen molar-refractivity contribution < 1.29 is 5.21 Å². The molecule has 0 unspecified atom stereocenters. The summed E-state index contributed by atoms with van der Waals surface area (Å²) in [6.07, 6.45) is 5.53. The summed E-state index contributed by atoms with van der Waals surface area (Å²) in [5, 5.41) is 8.93. The van der Waals surface area contributed by atoms with Gasteiger partial charge in [0.25, 0.3) is 0 Å². The molecule has 5 heteroatoms. The lowest BCUT2D eigenvalue weighted by Gasteiger charge is -2.29. The van der Waals surface area contributed by atoms with E-state index in [1.54, 1.807) is 6.08 Å². The third kappa shape index (κ3) is 6.29. The molecule has 31 heavy (non-hydrogen) atoms. The summed E-state index contributed by atoms with van der Waals surface area (Å²) >= 11 is 0. The van der Waals surface area contributed by atoms with Crippen LogP contribution in [-0.4, -0.2) is 40.3 Å². The molecule has 3 rings (SSSR count). The molecule has 0 spiro atoms. The maximum Gasteiger partial charge on any atom is 0.110 e. The van der Waals surface area contributed by atoms with E-state index in [2.05, 4.69) is 98.0 Å². The van der Waals surface area contributed by atoms with Gasteiger partial charge in [-0.05, 0) is 55.3 Å². The second-order valence-corrected chi connectivity index (χ2v) is 9.22. The van der Waals surface area contributed by atoms with E-state index in [0.29, 0.717) is 5.70 Å². The molecule has 0 aliphatic rings. The minimum absolute atomic E-state index is 0.113. The fourth-order valence-electron chi connectivity index (χ4n) is 4.14. The van der Waals surface area contributed by atoms with Crippen LogP contribution in [0, 0.1) is 5.41 Å². The van der Waals surface area contributed by atoms with Gasteiger partial charge in [-0.2, -0.15) is 0 Å². The van der Waals surface area contributed by atoms with Crippen LogP contribution in [0.5, 0.6) is 0 Å². The van der Waals surface area contributed by atoms with Gasteiger partial charge < -0.3 is 9.47 Å². The molecule has 1 aromatic heterocycles. The van der Waals surface area contributed by atoms with Crippen LogP contribution in [0.1, 0.15) is 30.8 Å². The van der Waals surface area contributed by atoms with Gasteiger partial charge in [0.15, 0.2) is 0 Å². The Balaban J connectivity index is 1.95. The highest BCUT2D eigenvalue weighted by Gasteiger charge is 2.23. The van der Waals surface area contributed by atoms with Crippen molar-refractivity contribution in [2.75, 3.05) is 20.6 Å². The molecule has 0 aliphatic carbocycles. The summed E-state index contributed by atoms with van der Waals surface area (Å²) in [7, 11) is 4.25. The third-order valence-corrected chi connectivity index (χ3v) is 5.28. The molecule has 5 nitrogen and oxygen atoms in total. The summed E-state index contributed by atoms with van der Waals surface area (Å²) in [4.78, 5) is 7.27. The van der Waals surface area contributed by atoms with Gasteiger partial charge in [-0.1, -0.05) is 62.9 Å². The first-order valence-corrected chi connectivity index (χ1v) is 10.7. The summed E-state index contributed by atoms with van der Waals surface area (Å²) in [6.45, 7) is 10.2. The van der Waals surface area contributed by atoms with Crippen molar-refractivity contribution in [3.8, 4) is 0 Å². The molecule has 0 bridgehead atoms. The standard InChI is InChI=1S/C26H34N4O/c1-20(28-31)11-12-22-13-15-24-23(17-22)27-25(16-14-21-9-7-6-8-10-21)30(24)19-26(2,3)18-29(4)5/h6-13,15,17,28,31H,1,14,16,18-19H2,2-5H3/b12-11+. The minimum Gasteiger partial charge on any atom is -0.327 e. The minimum atomic E-state index is 0.113. The topological polar surface area (TPSA) is 53.3 Å². The average molecular weight is 419 g/mol. The lowest BCUT2D eigenvalue weighted by atomic mass is 9.92. The molecule has 0 atom stereocenters. The molecule has 3 aromatic rings. The molecule has 0 saturated heterocycles. The highest BCUT2D eigenvalue weighted by molar-refractivity contribution is 5.79. The molecular formula is C26H34N4O. The van der Waals surface area contributed by atoms with E-state index in [4.69, 9.17) is 10.2 Å². The first-order chi connectivity index (χ1) is 14.8. The van der Waals surface area contributed by atoms with Crippen molar-refractivity contribution in [1.29, 1.82) is 0 Å². The van der Waals surface area contributed by atoms with Crippen molar-refractivity contribution in [2.45, 2.75) is 33.2 Å². The van der Waals surface area contributed by atoms with Gasteiger partial charge in [-0.3, -0.25) is 10.7 Å². The van der Waals surface area contributed by atoms with Gasteiger partial charge in [-0.25, -0.2) is 4.98 Å². The number of rotatable bonds is 10. The summed E-state index contributed by atoms with van der Waals surface area (Å²) in [5.74, 6) is 1.12. The van der Waals surface area contributed by atoms with Crippen molar-refractivity contribution in [1.82, 2.24) is 19.9 Å². The lowest BCUT2D eigenvalue weighted by Crippen LogP contribution is -2.32. The molecule has 0 saturated carbocycles. The summed E-state index contributed by atoms with van der Waals surface area (Å²) < 4.78 is 2.39. The Bertz CT molecular complexity index is 1050. The number of imidazole rings is 1. The second-order valence-electron chi connectivity index (χ2n) is 9.22. The largest absolute Gasteiger partial charge is 0.327 e. The van der Waals surface area contributed by atoms with Crippen LogP contribution in [0.4, 0.5) is 0 Å². The van der Waals surface area contributed by atoms with Crippen LogP contribution in [0.25, 0.3) is 17.1 Å².